The summed E-state index contributed by atoms with van der Waals surface area (Å²) in [6.45, 7) is 2.62. The Bertz CT molecular complexity index is 1070. The summed E-state index contributed by atoms with van der Waals surface area (Å²) >= 11 is 0. The summed E-state index contributed by atoms with van der Waals surface area (Å²) in [5.41, 5.74) is 2.87. The van der Waals surface area contributed by atoms with Crippen molar-refractivity contribution in [2.24, 2.45) is 0 Å². The first kappa shape index (κ1) is 22.5. The molecule has 0 aliphatic rings. The van der Waals surface area contributed by atoms with Gasteiger partial charge in [-0.25, -0.2) is 13.7 Å². The highest BCUT2D eigenvalue weighted by Crippen LogP contribution is 2.29. The number of aryl methyl sites for hydroxylation is 1. The van der Waals surface area contributed by atoms with E-state index in [1.807, 2.05) is 48.5 Å². The SMILES string of the molecule is COc1cc(CCNS(=O)c2ccc(C)c(C(=O)O)c2)ccc1OCc1ccccc1. The maximum atomic E-state index is 12.5. The van der Waals surface area contributed by atoms with Gasteiger partial charge in [-0.3, -0.25) is 0 Å². The summed E-state index contributed by atoms with van der Waals surface area (Å²) in [6, 6.07) is 20.4. The standard InChI is InChI=1S/C24H25NO5S/c1-17-8-10-20(15-21(17)24(26)27)31(28)25-13-12-18-9-11-22(23(14-18)29-2)30-16-19-6-4-3-5-7-19/h3-11,14-15,25H,12-13,16H2,1-2H3,(H,26,27). The number of hydrogen-bond acceptors (Lipinski definition) is 4. The first-order valence-corrected chi connectivity index (χ1v) is 11.0. The lowest BCUT2D eigenvalue weighted by Crippen LogP contribution is -2.20. The van der Waals surface area contributed by atoms with Crippen molar-refractivity contribution in [2.45, 2.75) is 24.8 Å². The molecule has 0 bridgehead atoms. The van der Waals surface area contributed by atoms with Gasteiger partial charge in [-0.05, 0) is 54.3 Å². The number of nitrogens with one attached hydrogen (secondary N) is 1. The van der Waals surface area contributed by atoms with Gasteiger partial charge in [0.15, 0.2) is 11.5 Å². The van der Waals surface area contributed by atoms with E-state index in [0.29, 0.717) is 41.5 Å². The van der Waals surface area contributed by atoms with Crippen molar-refractivity contribution in [3.8, 4) is 11.5 Å². The maximum absolute atomic E-state index is 12.5. The third-order valence-electron chi connectivity index (χ3n) is 4.77. The fourth-order valence-electron chi connectivity index (χ4n) is 3.04. The fourth-order valence-corrected chi connectivity index (χ4v) is 3.91. The molecule has 6 nitrogen and oxygen atoms in total. The van der Waals surface area contributed by atoms with E-state index in [-0.39, 0.29) is 5.56 Å². The number of aromatic carboxylic acids is 1. The molecule has 0 heterocycles. The van der Waals surface area contributed by atoms with Gasteiger partial charge < -0.3 is 14.6 Å². The zero-order chi connectivity index (χ0) is 22.2. The second-order valence-corrected chi connectivity index (χ2v) is 8.25. The van der Waals surface area contributed by atoms with Crippen molar-refractivity contribution in [1.82, 2.24) is 4.72 Å². The van der Waals surface area contributed by atoms with Crippen LogP contribution in [0.2, 0.25) is 0 Å². The summed E-state index contributed by atoms with van der Waals surface area (Å²) in [7, 11) is 0.0992. The van der Waals surface area contributed by atoms with E-state index >= 15 is 0 Å². The first-order valence-electron chi connectivity index (χ1n) is 9.81. The number of ether oxygens (including phenoxy) is 2. The Morgan fingerprint density at radius 1 is 1.00 bits per heavy atom. The monoisotopic (exact) mass is 439 g/mol. The number of carboxylic acid groups (broad SMARTS) is 1. The van der Waals surface area contributed by atoms with Crippen LogP contribution in [0.1, 0.15) is 27.0 Å². The Balaban J connectivity index is 1.57. The van der Waals surface area contributed by atoms with Crippen molar-refractivity contribution in [3.05, 3.63) is 89.0 Å². The molecule has 0 fully saturated rings. The lowest BCUT2D eigenvalue weighted by molar-refractivity contribution is 0.0696. The Labute approximate surface area is 184 Å². The van der Waals surface area contributed by atoms with Gasteiger partial charge in [-0.15, -0.1) is 0 Å². The van der Waals surface area contributed by atoms with Crippen LogP contribution in [0, 0.1) is 6.92 Å². The number of carboxylic acids is 1. The van der Waals surface area contributed by atoms with Gasteiger partial charge in [0.25, 0.3) is 0 Å². The first-order chi connectivity index (χ1) is 15.0. The molecule has 0 saturated heterocycles. The molecule has 3 aromatic carbocycles. The van der Waals surface area contributed by atoms with Crippen molar-refractivity contribution in [1.29, 1.82) is 0 Å². The highest BCUT2D eigenvalue weighted by atomic mass is 32.2. The predicted molar refractivity (Wildman–Crippen MR) is 120 cm³/mol. The Morgan fingerprint density at radius 2 is 1.77 bits per heavy atom. The zero-order valence-corrected chi connectivity index (χ0v) is 18.3. The van der Waals surface area contributed by atoms with E-state index in [9.17, 15) is 14.1 Å². The van der Waals surface area contributed by atoms with E-state index in [4.69, 9.17) is 9.47 Å². The Morgan fingerprint density at radius 3 is 2.48 bits per heavy atom. The fraction of sp³-hybridized carbons (Fsp3) is 0.208. The van der Waals surface area contributed by atoms with Crippen molar-refractivity contribution in [2.75, 3.05) is 13.7 Å². The van der Waals surface area contributed by atoms with Crippen LogP contribution in [0.5, 0.6) is 11.5 Å². The lowest BCUT2D eigenvalue weighted by atomic mass is 10.1. The zero-order valence-electron chi connectivity index (χ0n) is 17.5. The second kappa shape index (κ2) is 10.7. The molecule has 0 radical (unpaired) electrons. The number of benzene rings is 3. The van der Waals surface area contributed by atoms with Crippen LogP contribution in [0.4, 0.5) is 0 Å². The average molecular weight is 440 g/mol. The third-order valence-corrected chi connectivity index (χ3v) is 5.91. The minimum Gasteiger partial charge on any atom is -0.493 e. The van der Waals surface area contributed by atoms with Gasteiger partial charge >= 0.3 is 5.97 Å². The maximum Gasteiger partial charge on any atom is 0.335 e. The predicted octanol–water partition coefficient (Wildman–Crippen LogP) is 4.14. The highest BCUT2D eigenvalue weighted by molar-refractivity contribution is 7.83. The molecule has 0 spiro atoms. The summed E-state index contributed by atoms with van der Waals surface area (Å²) < 4.78 is 26.7. The van der Waals surface area contributed by atoms with Gasteiger partial charge in [-0.1, -0.05) is 42.5 Å². The van der Waals surface area contributed by atoms with Crippen molar-refractivity contribution < 1.29 is 23.6 Å². The quantitative estimate of drug-likeness (QED) is 0.496. The third kappa shape index (κ3) is 6.16. The smallest absolute Gasteiger partial charge is 0.335 e. The number of rotatable bonds is 10. The van der Waals surface area contributed by atoms with Crippen LogP contribution in [-0.2, 0) is 24.0 Å². The number of methoxy groups -OCH3 is 1. The van der Waals surface area contributed by atoms with Crippen LogP contribution in [-0.4, -0.2) is 28.9 Å². The Kier molecular flexibility index (Phi) is 7.81. The molecule has 1 atom stereocenters. The summed E-state index contributed by atoms with van der Waals surface area (Å²) in [5.74, 6) is 0.268. The summed E-state index contributed by atoms with van der Waals surface area (Å²) in [4.78, 5) is 11.7. The molecule has 3 rings (SSSR count). The van der Waals surface area contributed by atoms with E-state index in [0.717, 1.165) is 11.1 Å². The second-order valence-electron chi connectivity index (χ2n) is 6.95. The van der Waals surface area contributed by atoms with E-state index in [2.05, 4.69) is 4.72 Å². The number of carbonyl (C=O) groups is 1. The van der Waals surface area contributed by atoms with Crippen LogP contribution >= 0.6 is 0 Å². The average Bonchev–Trinajstić information content (AvgIpc) is 2.78. The van der Waals surface area contributed by atoms with Gasteiger partial charge in [0.05, 0.1) is 17.6 Å². The van der Waals surface area contributed by atoms with Gasteiger partial charge in [0, 0.05) is 6.54 Å². The van der Waals surface area contributed by atoms with Gasteiger partial charge in [0.1, 0.15) is 17.6 Å². The van der Waals surface area contributed by atoms with Crippen molar-refractivity contribution in [3.63, 3.8) is 0 Å². The molecule has 7 heteroatoms. The molecule has 0 amide bonds. The van der Waals surface area contributed by atoms with Crippen molar-refractivity contribution >= 4 is 17.0 Å². The molecule has 31 heavy (non-hydrogen) atoms. The van der Waals surface area contributed by atoms with E-state index in [1.54, 1.807) is 26.2 Å². The molecule has 162 valence electrons. The minimum atomic E-state index is -1.50. The summed E-state index contributed by atoms with van der Waals surface area (Å²) in [5, 5.41) is 9.23. The van der Waals surface area contributed by atoms with E-state index < -0.39 is 17.0 Å². The molecule has 0 aromatic heterocycles. The lowest BCUT2D eigenvalue weighted by Gasteiger charge is -2.13. The molecule has 3 aromatic rings. The Hall–Kier alpha value is -3.16. The normalized spacial score (nSPS) is 11.7. The molecular formula is C24H25NO5S. The highest BCUT2D eigenvalue weighted by Gasteiger charge is 2.12. The van der Waals surface area contributed by atoms with Crippen LogP contribution in [0.25, 0.3) is 0 Å². The van der Waals surface area contributed by atoms with Crippen LogP contribution < -0.4 is 14.2 Å². The van der Waals surface area contributed by atoms with Gasteiger partial charge in [-0.2, -0.15) is 0 Å². The van der Waals surface area contributed by atoms with Crippen LogP contribution in [0.15, 0.2) is 71.6 Å². The minimum absolute atomic E-state index is 0.156. The molecule has 2 N–H and O–H groups in total. The molecular weight excluding hydrogens is 414 g/mol. The largest absolute Gasteiger partial charge is 0.493 e. The molecule has 1 unspecified atom stereocenters. The summed E-state index contributed by atoms with van der Waals surface area (Å²) in [6.07, 6.45) is 0.624. The van der Waals surface area contributed by atoms with E-state index in [1.165, 1.54) is 6.07 Å². The van der Waals surface area contributed by atoms with Gasteiger partial charge in [0.2, 0.25) is 0 Å². The molecule has 0 aliphatic heterocycles. The molecule has 0 saturated carbocycles. The number of hydrogen-bond donors (Lipinski definition) is 2. The topological polar surface area (TPSA) is 84.9 Å². The molecule has 0 aliphatic carbocycles. The van der Waals surface area contributed by atoms with Crippen LogP contribution in [0.3, 0.4) is 0 Å².